The maximum absolute atomic E-state index is 13.5. The summed E-state index contributed by atoms with van der Waals surface area (Å²) in [6.45, 7) is 0. The van der Waals surface area contributed by atoms with E-state index in [0.717, 1.165) is 0 Å². The minimum atomic E-state index is -1.26. The fourth-order valence-electron chi connectivity index (χ4n) is 3.95. The Kier molecular flexibility index (Phi) is 11.7. The van der Waals surface area contributed by atoms with Gasteiger partial charge in [0.05, 0.1) is 18.7 Å². The first kappa shape index (κ1) is 31.2. The second-order valence-electron chi connectivity index (χ2n) is 9.34. The minimum Gasteiger partial charge on any atom is -0.508 e. The lowest BCUT2D eigenvalue weighted by molar-refractivity contribution is -0.142. The number of carboxylic acid groups (broad SMARTS) is 1. The number of imidazole rings is 2. The van der Waals surface area contributed by atoms with Gasteiger partial charge in [-0.3, -0.25) is 14.4 Å². The predicted molar refractivity (Wildman–Crippen MR) is 151 cm³/mol. The molecule has 220 valence electrons. The quantitative estimate of drug-likeness (QED) is 0.107. The molecule has 3 rings (SSSR count). The van der Waals surface area contributed by atoms with Crippen LogP contribution in [0.1, 0.15) is 23.4 Å². The van der Waals surface area contributed by atoms with Crippen molar-refractivity contribution in [1.29, 1.82) is 0 Å². The molecule has 0 saturated carbocycles. The molecule has 3 aromatic rings. The number of carboxylic acids is 1. The third-order valence-electron chi connectivity index (χ3n) is 6.18. The smallest absolute Gasteiger partial charge is 0.326 e. The van der Waals surface area contributed by atoms with Gasteiger partial charge in [-0.2, -0.15) is 11.8 Å². The lowest BCUT2D eigenvalue weighted by atomic mass is 10.0. The van der Waals surface area contributed by atoms with Gasteiger partial charge < -0.3 is 41.9 Å². The van der Waals surface area contributed by atoms with E-state index in [1.165, 1.54) is 42.7 Å². The minimum absolute atomic E-state index is 0.0297. The summed E-state index contributed by atoms with van der Waals surface area (Å²) in [5.41, 5.74) is 7.87. The standard InChI is InChI=1S/C26H34N8O6S/c1-41-7-6-20(24(37)34-22(26(39)40)10-17-12-29-14-31-17)32-25(38)21(8-15-2-4-18(35)5-3-15)33-23(36)19(27)9-16-11-28-13-30-16/h2-5,11-14,19-22,35H,6-10,27H2,1H3,(H,28,30)(H,29,31)(H,32,38)(H,33,36)(H,34,37)(H,39,40). The van der Waals surface area contributed by atoms with Crippen LogP contribution in [0.5, 0.6) is 5.75 Å². The summed E-state index contributed by atoms with van der Waals surface area (Å²) >= 11 is 1.45. The van der Waals surface area contributed by atoms with Crippen molar-refractivity contribution in [1.82, 2.24) is 35.9 Å². The third kappa shape index (κ3) is 9.95. The molecule has 4 atom stereocenters. The van der Waals surface area contributed by atoms with E-state index in [0.29, 0.717) is 22.7 Å². The zero-order chi connectivity index (χ0) is 29.8. The Morgan fingerprint density at radius 2 is 1.41 bits per heavy atom. The molecule has 41 heavy (non-hydrogen) atoms. The van der Waals surface area contributed by atoms with Crippen LogP contribution in [0, 0.1) is 0 Å². The van der Waals surface area contributed by atoms with E-state index in [2.05, 4.69) is 35.9 Å². The molecule has 0 bridgehead atoms. The maximum Gasteiger partial charge on any atom is 0.326 e. The first-order valence-corrected chi connectivity index (χ1v) is 14.2. The monoisotopic (exact) mass is 586 g/mol. The molecule has 1 aromatic carbocycles. The number of aromatic hydroxyl groups is 1. The Hall–Kier alpha value is -4.37. The number of aromatic amines is 2. The molecule has 14 nitrogen and oxygen atoms in total. The average molecular weight is 587 g/mol. The van der Waals surface area contributed by atoms with E-state index in [-0.39, 0.29) is 31.4 Å². The Balaban J connectivity index is 1.75. The van der Waals surface area contributed by atoms with Crippen LogP contribution in [-0.2, 0) is 38.4 Å². The SMILES string of the molecule is CSCCC(NC(=O)C(Cc1ccc(O)cc1)NC(=O)C(N)Cc1cnc[nH]1)C(=O)NC(Cc1cnc[nH]1)C(=O)O. The van der Waals surface area contributed by atoms with Crippen LogP contribution in [0.3, 0.4) is 0 Å². The number of aromatic nitrogens is 4. The van der Waals surface area contributed by atoms with Gasteiger partial charge >= 0.3 is 5.97 Å². The highest BCUT2D eigenvalue weighted by molar-refractivity contribution is 7.98. The van der Waals surface area contributed by atoms with E-state index >= 15 is 0 Å². The van der Waals surface area contributed by atoms with E-state index in [9.17, 15) is 29.4 Å². The molecular formula is C26H34N8O6S. The number of aliphatic carboxylic acids is 1. The van der Waals surface area contributed by atoms with Crippen LogP contribution >= 0.6 is 11.8 Å². The molecule has 0 spiro atoms. The van der Waals surface area contributed by atoms with Gasteiger partial charge in [-0.05, 0) is 36.1 Å². The molecule has 0 aliphatic rings. The van der Waals surface area contributed by atoms with Crippen LogP contribution in [0.15, 0.2) is 49.3 Å². The Morgan fingerprint density at radius 3 is 1.98 bits per heavy atom. The second-order valence-corrected chi connectivity index (χ2v) is 10.3. The van der Waals surface area contributed by atoms with Crippen molar-refractivity contribution in [2.75, 3.05) is 12.0 Å². The molecule has 3 amide bonds. The van der Waals surface area contributed by atoms with E-state index < -0.39 is 47.9 Å². The van der Waals surface area contributed by atoms with Crippen molar-refractivity contribution in [3.8, 4) is 5.75 Å². The normalized spacial score (nSPS) is 13.9. The number of thioether (sulfide) groups is 1. The number of nitrogens with one attached hydrogen (secondary N) is 5. The molecule has 0 fully saturated rings. The molecular weight excluding hydrogens is 552 g/mol. The van der Waals surface area contributed by atoms with E-state index in [1.807, 2.05) is 6.26 Å². The van der Waals surface area contributed by atoms with Gasteiger partial charge in [-0.25, -0.2) is 14.8 Å². The molecule has 9 N–H and O–H groups in total. The molecule has 2 aromatic heterocycles. The molecule has 4 unspecified atom stereocenters. The number of amides is 3. The van der Waals surface area contributed by atoms with Gasteiger partial charge in [-0.1, -0.05) is 12.1 Å². The number of carbonyl (C=O) groups is 4. The number of nitrogens with zero attached hydrogens (tertiary/aromatic N) is 2. The van der Waals surface area contributed by atoms with Gasteiger partial charge in [0.2, 0.25) is 17.7 Å². The number of carbonyl (C=O) groups excluding carboxylic acids is 3. The van der Waals surface area contributed by atoms with Crippen molar-refractivity contribution in [3.05, 3.63) is 66.3 Å². The van der Waals surface area contributed by atoms with Crippen LogP contribution in [0.25, 0.3) is 0 Å². The number of phenolic OH excluding ortho intramolecular Hbond substituents is 1. The Labute approximate surface area is 240 Å². The lowest BCUT2D eigenvalue weighted by Crippen LogP contribution is -2.58. The van der Waals surface area contributed by atoms with Crippen molar-refractivity contribution in [2.45, 2.75) is 49.9 Å². The van der Waals surface area contributed by atoms with Crippen LogP contribution in [0.4, 0.5) is 0 Å². The third-order valence-corrected chi connectivity index (χ3v) is 6.82. The topological polar surface area (TPSA) is 228 Å². The summed E-state index contributed by atoms with van der Waals surface area (Å²) in [4.78, 5) is 64.9. The van der Waals surface area contributed by atoms with Crippen LogP contribution in [-0.4, -0.2) is 90.0 Å². The Morgan fingerprint density at radius 1 is 0.854 bits per heavy atom. The van der Waals surface area contributed by atoms with Crippen LogP contribution in [0.2, 0.25) is 0 Å². The average Bonchev–Trinajstić information content (AvgIpc) is 3.65. The highest BCUT2D eigenvalue weighted by Crippen LogP contribution is 2.12. The van der Waals surface area contributed by atoms with E-state index in [4.69, 9.17) is 5.73 Å². The summed E-state index contributed by atoms with van der Waals surface area (Å²) in [5.74, 6) is -2.62. The number of H-pyrrole nitrogens is 2. The second kappa shape index (κ2) is 15.4. The lowest BCUT2D eigenvalue weighted by Gasteiger charge is -2.25. The maximum atomic E-state index is 13.5. The number of nitrogens with two attached hydrogens (primary N) is 1. The van der Waals surface area contributed by atoms with Gasteiger partial charge in [0, 0.05) is 43.0 Å². The summed E-state index contributed by atoms with van der Waals surface area (Å²) in [7, 11) is 0. The zero-order valence-corrected chi connectivity index (χ0v) is 23.2. The van der Waals surface area contributed by atoms with Gasteiger partial charge in [0.25, 0.3) is 0 Å². The molecule has 0 radical (unpaired) electrons. The number of benzene rings is 1. The predicted octanol–water partition coefficient (Wildman–Crippen LogP) is -0.514. The van der Waals surface area contributed by atoms with E-state index in [1.54, 1.807) is 18.3 Å². The Bertz CT molecular complexity index is 1270. The van der Waals surface area contributed by atoms with Crippen molar-refractivity contribution < 1.29 is 29.4 Å². The number of phenols is 1. The highest BCUT2D eigenvalue weighted by Gasteiger charge is 2.30. The van der Waals surface area contributed by atoms with Gasteiger partial charge in [0.1, 0.15) is 23.9 Å². The van der Waals surface area contributed by atoms with Crippen molar-refractivity contribution >= 4 is 35.5 Å². The summed E-state index contributed by atoms with van der Waals surface area (Å²) in [5, 5.41) is 27.1. The van der Waals surface area contributed by atoms with Gasteiger partial charge in [0.15, 0.2) is 0 Å². The van der Waals surface area contributed by atoms with Gasteiger partial charge in [-0.15, -0.1) is 0 Å². The molecule has 0 aliphatic heterocycles. The van der Waals surface area contributed by atoms with Crippen molar-refractivity contribution in [3.63, 3.8) is 0 Å². The van der Waals surface area contributed by atoms with Crippen molar-refractivity contribution in [2.24, 2.45) is 5.73 Å². The molecule has 15 heteroatoms. The number of hydrogen-bond donors (Lipinski definition) is 8. The highest BCUT2D eigenvalue weighted by atomic mass is 32.2. The van der Waals surface area contributed by atoms with Crippen LogP contribution < -0.4 is 21.7 Å². The first-order chi connectivity index (χ1) is 19.7. The summed E-state index contributed by atoms with van der Waals surface area (Å²) < 4.78 is 0. The molecule has 0 aliphatic carbocycles. The fourth-order valence-corrected chi connectivity index (χ4v) is 4.42. The largest absolute Gasteiger partial charge is 0.508 e. The zero-order valence-electron chi connectivity index (χ0n) is 22.4. The first-order valence-electron chi connectivity index (χ1n) is 12.8. The fraction of sp³-hybridized carbons (Fsp3) is 0.385. The summed E-state index contributed by atoms with van der Waals surface area (Å²) in [6.07, 6.45) is 8.10. The molecule has 0 saturated heterocycles. The number of rotatable bonds is 16. The molecule has 2 heterocycles. The summed E-state index contributed by atoms with van der Waals surface area (Å²) in [6, 6.07) is 1.69. The number of hydrogen-bond acceptors (Lipinski definition) is 9.